The molecule has 3 nitrogen and oxygen atoms in total. The van der Waals surface area contributed by atoms with Crippen molar-refractivity contribution in [3.8, 4) is 0 Å². The molecule has 0 saturated carbocycles. The van der Waals surface area contributed by atoms with Gasteiger partial charge in [-0.3, -0.25) is 4.98 Å². The molecule has 1 heterocycles. The molecule has 0 unspecified atom stereocenters. The number of hydrogen-bond donors (Lipinski definition) is 1. The maximum Gasteiger partial charge on any atom is 0.0271 e. The fourth-order valence-electron chi connectivity index (χ4n) is 2.25. The van der Waals surface area contributed by atoms with E-state index in [4.69, 9.17) is 0 Å². The van der Waals surface area contributed by atoms with Gasteiger partial charge >= 0.3 is 0 Å². The third kappa shape index (κ3) is 6.12. The molecule has 0 atom stereocenters. The van der Waals surface area contributed by atoms with Crippen molar-refractivity contribution >= 4 is 0 Å². The van der Waals surface area contributed by atoms with E-state index in [1.165, 1.54) is 12.0 Å². The predicted octanol–water partition coefficient (Wildman–Crippen LogP) is 2.54. The van der Waals surface area contributed by atoms with Gasteiger partial charge in [-0.15, -0.1) is 0 Å². The largest absolute Gasteiger partial charge is 0.316 e. The van der Waals surface area contributed by atoms with Crippen LogP contribution < -0.4 is 5.32 Å². The van der Waals surface area contributed by atoms with Crippen molar-refractivity contribution in [3.05, 3.63) is 30.1 Å². The van der Waals surface area contributed by atoms with Crippen molar-refractivity contribution in [1.29, 1.82) is 0 Å². The van der Waals surface area contributed by atoms with Crippen LogP contribution >= 0.6 is 0 Å². The summed E-state index contributed by atoms with van der Waals surface area (Å²) in [5.74, 6) is 0. The number of nitrogens with one attached hydrogen (secondary N) is 1. The van der Waals surface area contributed by atoms with Crippen LogP contribution in [-0.4, -0.2) is 36.6 Å². The highest BCUT2D eigenvalue weighted by Crippen LogP contribution is 2.16. The normalized spacial score (nSPS) is 12.1. The van der Waals surface area contributed by atoms with Gasteiger partial charge in [-0.25, -0.2) is 0 Å². The molecule has 0 aliphatic heterocycles. The Kier molecular flexibility index (Phi) is 6.30. The van der Waals surface area contributed by atoms with Crippen molar-refractivity contribution in [2.24, 2.45) is 5.41 Å². The quantitative estimate of drug-likeness (QED) is 0.718. The van der Waals surface area contributed by atoms with Gasteiger partial charge in [0.05, 0.1) is 0 Å². The van der Waals surface area contributed by atoms with E-state index in [1.54, 1.807) is 0 Å². The van der Waals surface area contributed by atoms with E-state index in [0.29, 0.717) is 5.41 Å². The summed E-state index contributed by atoms with van der Waals surface area (Å²) >= 11 is 0. The molecule has 0 aliphatic carbocycles. The van der Waals surface area contributed by atoms with E-state index in [0.717, 1.165) is 26.2 Å². The molecule has 1 aromatic rings. The first-order valence-electron chi connectivity index (χ1n) is 6.81. The molecular weight excluding hydrogens is 222 g/mol. The topological polar surface area (TPSA) is 28.2 Å². The van der Waals surface area contributed by atoms with Gasteiger partial charge in [0, 0.05) is 32.0 Å². The van der Waals surface area contributed by atoms with Gasteiger partial charge < -0.3 is 10.2 Å². The molecular formula is C15H27N3. The van der Waals surface area contributed by atoms with Gasteiger partial charge in [-0.05, 0) is 43.1 Å². The Bertz CT molecular complexity index is 322. The Morgan fingerprint density at radius 3 is 2.56 bits per heavy atom. The summed E-state index contributed by atoms with van der Waals surface area (Å²) in [4.78, 5) is 6.43. The van der Waals surface area contributed by atoms with Gasteiger partial charge in [-0.2, -0.15) is 0 Å². The molecule has 1 N–H and O–H groups in total. The lowest BCUT2D eigenvalue weighted by Gasteiger charge is -2.30. The SMILES string of the molecule is CCCNCC(C)(C)CN(C)Cc1ccncc1. The van der Waals surface area contributed by atoms with E-state index in [2.05, 4.69) is 55.2 Å². The predicted molar refractivity (Wildman–Crippen MR) is 77.5 cm³/mol. The summed E-state index contributed by atoms with van der Waals surface area (Å²) in [5, 5.41) is 3.51. The Labute approximate surface area is 112 Å². The molecule has 0 saturated heterocycles. The van der Waals surface area contributed by atoms with Crippen molar-refractivity contribution < 1.29 is 0 Å². The molecule has 0 amide bonds. The Morgan fingerprint density at radius 1 is 1.28 bits per heavy atom. The van der Waals surface area contributed by atoms with Gasteiger partial charge in [0.25, 0.3) is 0 Å². The molecule has 0 bridgehead atoms. The van der Waals surface area contributed by atoms with E-state index in [1.807, 2.05) is 12.4 Å². The third-order valence-electron chi connectivity index (χ3n) is 2.93. The summed E-state index contributed by atoms with van der Waals surface area (Å²) in [6.45, 7) is 11.1. The van der Waals surface area contributed by atoms with Crippen molar-refractivity contribution in [3.63, 3.8) is 0 Å². The molecule has 1 aromatic heterocycles. The molecule has 18 heavy (non-hydrogen) atoms. The van der Waals surface area contributed by atoms with Gasteiger partial charge in [0.1, 0.15) is 0 Å². The number of hydrogen-bond acceptors (Lipinski definition) is 3. The minimum absolute atomic E-state index is 0.303. The number of pyridine rings is 1. The highest BCUT2D eigenvalue weighted by atomic mass is 15.1. The summed E-state index contributed by atoms with van der Waals surface area (Å²) in [5.41, 5.74) is 1.63. The monoisotopic (exact) mass is 249 g/mol. The van der Waals surface area contributed by atoms with Crippen LogP contribution in [0.25, 0.3) is 0 Å². The second kappa shape index (κ2) is 7.49. The highest BCUT2D eigenvalue weighted by Gasteiger charge is 2.19. The second-order valence-corrected chi connectivity index (χ2v) is 5.87. The van der Waals surface area contributed by atoms with Crippen LogP contribution in [0, 0.1) is 5.41 Å². The molecule has 0 fully saturated rings. The summed E-state index contributed by atoms with van der Waals surface area (Å²) in [7, 11) is 2.18. The lowest BCUT2D eigenvalue weighted by molar-refractivity contribution is 0.199. The first kappa shape index (κ1) is 15.1. The van der Waals surface area contributed by atoms with Crippen LogP contribution in [0.1, 0.15) is 32.8 Å². The van der Waals surface area contributed by atoms with Crippen LogP contribution in [0.2, 0.25) is 0 Å². The molecule has 3 heteroatoms. The van der Waals surface area contributed by atoms with Crippen LogP contribution in [0.5, 0.6) is 0 Å². The first-order chi connectivity index (χ1) is 8.53. The Hall–Kier alpha value is -0.930. The van der Waals surface area contributed by atoms with Gasteiger partial charge in [-0.1, -0.05) is 20.8 Å². The van der Waals surface area contributed by atoms with Crippen molar-refractivity contribution in [2.45, 2.75) is 33.7 Å². The van der Waals surface area contributed by atoms with Crippen LogP contribution in [0.15, 0.2) is 24.5 Å². The minimum atomic E-state index is 0.303. The maximum absolute atomic E-state index is 4.05. The fourth-order valence-corrected chi connectivity index (χ4v) is 2.25. The van der Waals surface area contributed by atoms with E-state index in [9.17, 15) is 0 Å². The van der Waals surface area contributed by atoms with Gasteiger partial charge in [0.15, 0.2) is 0 Å². The molecule has 102 valence electrons. The van der Waals surface area contributed by atoms with E-state index >= 15 is 0 Å². The zero-order chi connectivity index (χ0) is 13.4. The molecule has 0 radical (unpaired) electrons. The Balaban J connectivity index is 2.36. The molecule has 0 aromatic carbocycles. The molecule has 0 aliphatic rings. The lowest BCUT2D eigenvalue weighted by Crippen LogP contribution is -2.39. The zero-order valence-corrected chi connectivity index (χ0v) is 12.2. The van der Waals surface area contributed by atoms with Crippen LogP contribution in [0.3, 0.4) is 0 Å². The van der Waals surface area contributed by atoms with Crippen molar-refractivity contribution in [2.75, 3.05) is 26.7 Å². The summed E-state index contributed by atoms with van der Waals surface area (Å²) in [6, 6.07) is 4.16. The third-order valence-corrected chi connectivity index (χ3v) is 2.93. The van der Waals surface area contributed by atoms with E-state index in [-0.39, 0.29) is 0 Å². The number of nitrogens with zero attached hydrogens (tertiary/aromatic N) is 2. The number of rotatable bonds is 8. The van der Waals surface area contributed by atoms with E-state index < -0.39 is 0 Å². The standard InChI is InChI=1S/C15H27N3/c1-5-8-17-12-15(2,3)13-18(4)11-14-6-9-16-10-7-14/h6-7,9-10,17H,5,8,11-13H2,1-4H3. The second-order valence-electron chi connectivity index (χ2n) is 5.87. The zero-order valence-electron chi connectivity index (χ0n) is 12.2. The fraction of sp³-hybridized carbons (Fsp3) is 0.667. The van der Waals surface area contributed by atoms with Crippen LogP contribution in [-0.2, 0) is 6.54 Å². The van der Waals surface area contributed by atoms with Gasteiger partial charge in [0.2, 0.25) is 0 Å². The Morgan fingerprint density at radius 2 is 1.94 bits per heavy atom. The average Bonchev–Trinajstić information content (AvgIpc) is 2.29. The first-order valence-corrected chi connectivity index (χ1v) is 6.81. The summed E-state index contributed by atoms with van der Waals surface area (Å²) in [6.07, 6.45) is 4.91. The van der Waals surface area contributed by atoms with Crippen LogP contribution in [0.4, 0.5) is 0 Å². The molecule has 0 spiro atoms. The summed E-state index contributed by atoms with van der Waals surface area (Å²) < 4.78 is 0. The van der Waals surface area contributed by atoms with Crippen molar-refractivity contribution in [1.82, 2.24) is 15.2 Å². The average molecular weight is 249 g/mol. The smallest absolute Gasteiger partial charge is 0.0271 e. The highest BCUT2D eigenvalue weighted by molar-refractivity contribution is 5.09. The lowest BCUT2D eigenvalue weighted by atomic mass is 9.92. The molecule has 1 rings (SSSR count). The number of aromatic nitrogens is 1. The minimum Gasteiger partial charge on any atom is -0.316 e. The maximum atomic E-state index is 4.05.